The molecule has 0 bridgehead atoms. The maximum Gasteiger partial charge on any atom is 0.293 e. The number of amides is 1. The lowest BCUT2D eigenvalue weighted by molar-refractivity contribution is -0.682. The largest absolute Gasteiger partial charge is 0.332 e. The minimum Gasteiger partial charge on any atom is -0.332 e. The summed E-state index contributed by atoms with van der Waals surface area (Å²) in [6, 6.07) is 6.78. The van der Waals surface area contributed by atoms with Gasteiger partial charge >= 0.3 is 0 Å². The summed E-state index contributed by atoms with van der Waals surface area (Å²) in [4.78, 5) is 22.7. The van der Waals surface area contributed by atoms with E-state index in [4.69, 9.17) is 23.2 Å². The van der Waals surface area contributed by atoms with Crippen molar-refractivity contribution in [2.24, 2.45) is 0 Å². The first kappa shape index (κ1) is 20.1. The van der Waals surface area contributed by atoms with Gasteiger partial charge in [0.2, 0.25) is 0 Å². The predicted octanol–water partition coefficient (Wildman–Crippen LogP) is 3.61. The number of nitrogens with zero attached hydrogens (tertiary/aromatic N) is 1. The van der Waals surface area contributed by atoms with Crippen molar-refractivity contribution in [2.75, 3.05) is 11.9 Å². The minimum atomic E-state index is -0.591. The number of quaternary nitrogens is 1. The number of benzene rings is 2. The van der Waals surface area contributed by atoms with E-state index in [0.29, 0.717) is 16.1 Å². The third-order valence-corrected chi connectivity index (χ3v) is 4.52. The fourth-order valence-electron chi connectivity index (χ4n) is 2.46. The zero-order valence-electron chi connectivity index (χ0n) is 14.1. The molecule has 26 heavy (non-hydrogen) atoms. The second-order valence-electron chi connectivity index (χ2n) is 5.79. The molecule has 3 N–H and O–H groups in total. The van der Waals surface area contributed by atoms with Crippen LogP contribution in [0.15, 0.2) is 30.3 Å². The molecule has 0 aliphatic rings. The Morgan fingerprint density at radius 1 is 1.35 bits per heavy atom. The molecule has 0 aliphatic carbocycles. The van der Waals surface area contributed by atoms with Gasteiger partial charge in [-0.15, -0.1) is 0 Å². The Hall–Kier alpha value is -2.22. The van der Waals surface area contributed by atoms with Gasteiger partial charge in [0.15, 0.2) is 6.54 Å². The number of aryl methyl sites for hydroxylation is 1. The molecular weight excluding hydrogens is 384 g/mol. The van der Waals surface area contributed by atoms with E-state index in [0.717, 1.165) is 0 Å². The van der Waals surface area contributed by atoms with Crippen molar-refractivity contribution in [3.8, 4) is 0 Å². The van der Waals surface area contributed by atoms with Gasteiger partial charge < -0.3 is 10.6 Å². The van der Waals surface area contributed by atoms with E-state index >= 15 is 0 Å². The zero-order valence-corrected chi connectivity index (χ0v) is 15.6. The highest BCUT2D eigenvalue weighted by molar-refractivity contribution is 6.35. The Morgan fingerprint density at radius 2 is 2.04 bits per heavy atom. The second-order valence-corrected chi connectivity index (χ2v) is 6.61. The van der Waals surface area contributed by atoms with Gasteiger partial charge in [-0.2, -0.15) is 0 Å². The smallest absolute Gasteiger partial charge is 0.293 e. The van der Waals surface area contributed by atoms with Crippen LogP contribution in [0.3, 0.4) is 0 Å². The number of nitro benzene ring substituents is 1. The van der Waals surface area contributed by atoms with E-state index in [-0.39, 0.29) is 29.0 Å². The SMILES string of the molecule is Cc1cccc([N+](=O)[O-])c1NC(=O)C[NH2+][C@@H](C)c1cc(F)c(Cl)cc1Cl. The summed E-state index contributed by atoms with van der Waals surface area (Å²) in [5, 5.41) is 15.5. The van der Waals surface area contributed by atoms with Crippen molar-refractivity contribution in [3.63, 3.8) is 0 Å². The highest BCUT2D eigenvalue weighted by atomic mass is 35.5. The van der Waals surface area contributed by atoms with Crippen LogP contribution < -0.4 is 10.6 Å². The van der Waals surface area contributed by atoms with Crippen molar-refractivity contribution in [3.05, 3.63) is 67.4 Å². The fourth-order valence-corrected chi connectivity index (χ4v) is 3.01. The molecule has 0 unspecified atom stereocenters. The molecule has 1 amide bonds. The van der Waals surface area contributed by atoms with Crippen molar-refractivity contribution in [2.45, 2.75) is 19.9 Å². The van der Waals surface area contributed by atoms with Crippen LogP contribution in [0.25, 0.3) is 0 Å². The van der Waals surface area contributed by atoms with Gasteiger partial charge in [0.25, 0.3) is 11.6 Å². The summed E-state index contributed by atoms with van der Waals surface area (Å²) < 4.78 is 13.6. The molecule has 1 atom stereocenters. The van der Waals surface area contributed by atoms with Gasteiger partial charge in [0, 0.05) is 11.6 Å². The Kier molecular flexibility index (Phi) is 6.52. The Morgan fingerprint density at radius 3 is 2.69 bits per heavy atom. The summed E-state index contributed by atoms with van der Waals surface area (Å²) >= 11 is 11.7. The molecule has 2 aromatic rings. The highest BCUT2D eigenvalue weighted by Crippen LogP contribution is 2.28. The number of carbonyl (C=O) groups is 1. The van der Waals surface area contributed by atoms with Crippen LogP contribution in [-0.2, 0) is 4.79 Å². The molecule has 0 aromatic heterocycles. The molecular formula is C17H17Cl2FN3O3+. The fraction of sp³-hybridized carbons (Fsp3) is 0.235. The first-order chi connectivity index (χ1) is 12.2. The average Bonchev–Trinajstić information content (AvgIpc) is 2.57. The van der Waals surface area contributed by atoms with E-state index in [1.165, 1.54) is 18.2 Å². The normalized spacial score (nSPS) is 11.9. The second kappa shape index (κ2) is 8.44. The Labute approximate surface area is 159 Å². The van der Waals surface area contributed by atoms with Crippen molar-refractivity contribution >= 4 is 40.5 Å². The van der Waals surface area contributed by atoms with Crippen LogP contribution in [0.2, 0.25) is 10.0 Å². The van der Waals surface area contributed by atoms with E-state index in [2.05, 4.69) is 5.32 Å². The number of hydrogen-bond acceptors (Lipinski definition) is 3. The number of carbonyl (C=O) groups excluding carboxylic acids is 1. The Bertz CT molecular complexity index is 861. The lowest BCUT2D eigenvalue weighted by Gasteiger charge is -2.14. The molecule has 0 aliphatic heterocycles. The molecule has 0 saturated heterocycles. The number of para-hydroxylation sites is 1. The maximum absolute atomic E-state index is 13.6. The lowest BCUT2D eigenvalue weighted by atomic mass is 10.1. The van der Waals surface area contributed by atoms with E-state index < -0.39 is 16.6 Å². The molecule has 0 saturated carbocycles. The van der Waals surface area contributed by atoms with Crippen molar-refractivity contribution in [1.29, 1.82) is 0 Å². The van der Waals surface area contributed by atoms with Gasteiger partial charge in [0.1, 0.15) is 17.5 Å². The maximum atomic E-state index is 13.6. The number of hydrogen-bond donors (Lipinski definition) is 2. The highest BCUT2D eigenvalue weighted by Gasteiger charge is 2.20. The summed E-state index contributed by atoms with van der Waals surface area (Å²) in [6.45, 7) is 3.41. The predicted molar refractivity (Wildman–Crippen MR) is 98.1 cm³/mol. The molecule has 0 spiro atoms. The van der Waals surface area contributed by atoms with Crippen molar-refractivity contribution < 1.29 is 19.4 Å². The first-order valence-corrected chi connectivity index (χ1v) is 8.48. The van der Waals surface area contributed by atoms with Gasteiger partial charge in [-0.3, -0.25) is 14.9 Å². The molecule has 9 heteroatoms. The minimum absolute atomic E-state index is 0.0206. The third kappa shape index (κ3) is 4.69. The number of halogens is 3. The molecule has 0 heterocycles. The first-order valence-electron chi connectivity index (χ1n) is 7.72. The quantitative estimate of drug-likeness (QED) is 0.440. The standard InChI is InChI=1S/C17H16Cl2FN3O3/c1-9-4-3-5-15(23(25)26)17(9)22-16(24)8-21-10(2)11-6-14(20)13(19)7-12(11)18/h3-7,10,21H,8H2,1-2H3,(H,22,24)/p+1/t10-/m0/s1. The van der Waals surface area contributed by atoms with Gasteiger partial charge in [-0.1, -0.05) is 35.3 Å². The molecule has 2 aromatic carbocycles. The zero-order chi connectivity index (χ0) is 19.4. The summed E-state index contributed by atoms with van der Waals surface area (Å²) in [5.74, 6) is -1.01. The summed E-state index contributed by atoms with van der Waals surface area (Å²) in [6.07, 6.45) is 0. The van der Waals surface area contributed by atoms with Crippen LogP contribution in [0.1, 0.15) is 24.1 Å². The van der Waals surface area contributed by atoms with Crippen LogP contribution in [0, 0.1) is 22.9 Å². The average molecular weight is 401 g/mol. The monoisotopic (exact) mass is 400 g/mol. The molecule has 138 valence electrons. The molecule has 2 rings (SSSR count). The number of nitrogens with two attached hydrogens (primary N) is 1. The van der Waals surface area contributed by atoms with E-state index in [1.54, 1.807) is 31.3 Å². The lowest BCUT2D eigenvalue weighted by Crippen LogP contribution is -2.86. The van der Waals surface area contributed by atoms with Gasteiger partial charge in [-0.25, -0.2) is 4.39 Å². The van der Waals surface area contributed by atoms with E-state index in [1.807, 2.05) is 0 Å². The summed E-state index contributed by atoms with van der Waals surface area (Å²) in [5.41, 5.74) is 1.08. The van der Waals surface area contributed by atoms with Gasteiger partial charge in [0.05, 0.1) is 15.0 Å². The van der Waals surface area contributed by atoms with Crippen LogP contribution in [-0.4, -0.2) is 17.4 Å². The molecule has 6 nitrogen and oxygen atoms in total. The topological polar surface area (TPSA) is 88.9 Å². The van der Waals surface area contributed by atoms with Crippen LogP contribution >= 0.6 is 23.2 Å². The molecule has 0 fully saturated rings. The number of anilines is 1. The Balaban J connectivity index is 2.06. The van der Waals surface area contributed by atoms with Crippen LogP contribution in [0.4, 0.5) is 15.8 Å². The number of rotatable bonds is 6. The number of nitro groups is 1. The van der Waals surface area contributed by atoms with Crippen LogP contribution in [0.5, 0.6) is 0 Å². The van der Waals surface area contributed by atoms with Gasteiger partial charge in [-0.05, 0) is 31.5 Å². The summed E-state index contributed by atoms with van der Waals surface area (Å²) in [7, 11) is 0. The van der Waals surface area contributed by atoms with E-state index in [9.17, 15) is 19.3 Å². The third-order valence-electron chi connectivity index (χ3n) is 3.90. The van der Waals surface area contributed by atoms with Crippen molar-refractivity contribution in [1.82, 2.24) is 0 Å². The molecule has 0 radical (unpaired) electrons. The number of nitrogens with one attached hydrogen (secondary N) is 1.